The van der Waals surface area contributed by atoms with Crippen LogP contribution in [0, 0.1) is 0 Å². The van der Waals surface area contributed by atoms with Gasteiger partial charge >= 0.3 is 11.9 Å². The lowest BCUT2D eigenvalue weighted by Gasteiger charge is -2.11. The van der Waals surface area contributed by atoms with Crippen LogP contribution in [0.1, 0.15) is 39.5 Å². The van der Waals surface area contributed by atoms with Crippen molar-refractivity contribution in [2.24, 2.45) is 0 Å². The summed E-state index contributed by atoms with van der Waals surface area (Å²) in [6.07, 6.45) is 1.63. The van der Waals surface area contributed by atoms with Gasteiger partial charge in [-0.15, -0.1) is 0 Å². The van der Waals surface area contributed by atoms with Crippen LogP contribution in [0.4, 0.5) is 0 Å². The van der Waals surface area contributed by atoms with Crippen molar-refractivity contribution in [3.8, 4) is 5.75 Å². The largest absolute Gasteiger partial charge is 0.463 e. The molecule has 0 radical (unpaired) electrons. The lowest BCUT2D eigenvalue weighted by atomic mass is 10.2. The average Bonchev–Trinajstić information content (AvgIpc) is 2.39. The van der Waals surface area contributed by atoms with E-state index in [9.17, 15) is 9.59 Å². The summed E-state index contributed by atoms with van der Waals surface area (Å²) in [4.78, 5) is 23.1. The summed E-state index contributed by atoms with van der Waals surface area (Å²) < 4.78 is 10.2. The van der Waals surface area contributed by atoms with E-state index in [1.807, 2.05) is 13.8 Å². The van der Waals surface area contributed by atoms with Gasteiger partial charge in [0, 0.05) is 0 Å². The van der Waals surface area contributed by atoms with Gasteiger partial charge in [0.15, 0.2) is 0 Å². The molecule has 0 aliphatic heterocycles. The van der Waals surface area contributed by atoms with Crippen LogP contribution in [0.2, 0.25) is 5.02 Å². The highest BCUT2D eigenvalue weighted by Gasteiger charge is 2.13. The van der Waals surface area contributed by atoms with Crippen molar-refractivity contribution in [2.75, 3.05) is 0 Å². The lowest BCUT2D eigenvalue weighted by Crippen LogP contribution is -2.17. The molecule has 1 aromatic rings. The second-order valence-corrected chi connectivity index (χ2v) is 4.90. The highest BCUT2D eigenvalue weighted by molar-refractivity contribution is 6.32. The molecule has 4 nitrogen and oxygen atoms in total. The van der Waals surface area contributed by atoms with Crippen LogP contribution in [0.25, 0.3) is 0 Å². The molecule has 0 spiro atoms. The summed E-state index contributed by atoms with van der Waals surface area (Å²) in [6, 6.07) is 6.69. The summed E-state index contributed by atoms with van der Waals surface area (Å²) in [5.74, 6) is -0.591. The lowest BCUT2D eigenvalue weighted by molar-refractivity contribution is -0.151. The second-order valence-electron chi connectivity index (χ2n) is 4.49. The average molecular weight is 299 g/mol. The Bertz CT molecular complexity index is 459. The van der Waals surface area contributed by atoms with Gasteiger partial charge in [0.2, 0.25) is 0 Å². The molecule has 1 unspecified atom stereocenters. The molecule has 1 aromatic carbocycles. The van der Waals surface area contributed by atoms with Gasteiger partial charge in [-0.2, -0.15) is 0 Å². The second kappa shape index (κ2) is 8.59. The third-order valence-corrected chi connectivity index (χ3v) is 2.93. The number of benzene rings is 1. The first-order chi connectivity index (χ1) is 9.52. The zero-order chi connectivity index (χ0) is 15.0. The number of rotatable bonds is 7. The molecule has 5 heteroatoms. The van der Waals surface area contributed by atoms with Crippen LogP contribution in [-0.4, -0.2) is 18.0 Å². The van der Waals surface area contributed by atoms with Crippen LogP contribution in [0.5, 0.6) is 5.75 Å². The quantitative estimate of drug-likeness (QED) is 0.568. The van der Waals surface area contributed by atoms with E-state index in [1.165, 1.54) is 0 Å². The molecule has 0 aliphatic carbocycles. The Morgan fingerprint density at radius 2 is 1.85 bits per heavy atom. The Balaban J connectivity index is 2.33. The van der Waals surface area contributed by atoms with Gasteiger partial charge in [-0.25, -0.2) is 0 Å². The Kier molecular flexibility index (Phi) is 7.09. The molecular weight excluding hydrogens is 280 g/mol. The number of carbonyl (C=O) groups excluding carboxylic acids is 2. The Hall–Kier alpha value is -1.55. The summed E-state index contributed by atoms with van der Waals surface area (Å²) in [5.41, 5.74) is 0. The van der Waals surface area contributed by atoms with E-state index in [0.29, 0.717) is 10.8 Å². The standard InChI is InChI=1S/C15H19ClO4/c1-3-6-11(2)19-14(17)9-10-15(18)20-13-8-5-4-7-12(13)16/h4-5,7-8,11H,3,6,9-10H2,1-2H3. The minimum absolute atomic E-state index is 0.0113. The third kappa shape index (κ3) is 6.06. The van der Waals surface area contributed by atoms with Crippen molar-refractivity contribution in [2.45, 2.75) is 45.6 Å². The molecule has 0 aliphatic rings. The van der Waals surface area contributed by atoms with E-state index < -0.39 is 5.97 Å². The molecule has 20 heavy (non-hydrogen) atoms. The van der Waals surface area contributed by atoms with E-state index in [2.05, 4.69) is 0 Å². The van der Waals surface area contributed by atoms with Crippen molar-refractivity contribution in [1.82, 2.24) is 0 Å². The van der Waals surface area contributed by atoms with E-state index in [1.54, 1.807) is 24.3 Å². The molecule has 1 rings (SSSR count). The highest BCUT2D eigenvalue weighted by atomic mass is 35.5. The Morgan fingerprint density at radius 1 is 1.20 bits per heavy atom. The molecule has 0 aromatic heterocycles. The number of hydrogen-bond donors (Lipinski definition) is 0. The number of carbonyl (C=O) groups is 2. The number of hydrogen-bond acceptors (Lipinski definition) is 4. The normalized spacial score (nSPS) is 11.8. The van der Waals surface area contributed by atoms with E-state index in [4.69, 9.17) is 21.1 Å². The van der Waals surface area contributed by atoms with Crippen LogP contribution in [0.3, 0.4) is 0 Å². The maximum atomic E-state index is 11.6. The van der Waals surface area contributed by atoms with Gasteiger partial charge in [0.25, 0.3) is 0 Å². The molecule has 0 saturated carbocycles. The Morgan fingerprint density at radius 3 is 2.50 bits per heavy atom. The highest BCUT2D eigenvalue weighted by Crippen LogP contribution is 2.23. The summed E-state index contributed by atoms with van der Waals surface area (Å²) in [5, 5.41) is 0.361. The van der Waals surface area contributed by atoms with Crippen LogP contribution >= 0.6 is 11.6 Å². The van der Waals surface area contributed by atoms with Crippen molar-refractivity contribution >= 4 is 23.5 Å². The first-order valence-electron chi connectivity index (χ1n) is 6.67. The fraction of sp³-hybridized carbons (Fsp3) is 0.467. The zero-order valence-electron chi connectivity index (χ0n) is 11.7. The predicted molar refractivity (Wildman–Crippen MR) is 76.8 cm³/mol. The smallest absolute Gasteiger partial charge is 0.311 e. The molecule has 0 bridgehead atoms. The van der Waals surface area contributed by atoms with Crippen LogP contribution < -0.4 is 4.74 Å². The monoisotopic (exact) mass is 298 g/mol. The first-order valence-corrected chi connectivity index (χ1v) is 7.05. The van der Waals surface area contributed by atoms with E-state index in [-0.39, 0.29) is 24.9 Å². The molecule has 0 N–H and O–H groups in total. The summed E-state index contributed by atoms with van der Waals surface area (Å²) in [7, 11) is 0. The Labute approximate surface area is 124 Å². The molecular formula is C15H19ClO4. The summed E-state index contributed by atoms with van der Waals surface area (Å²) in [6.45, 7) is 3.86. The fourth-order valence-corrected chi connectivity index (χ4v) is 1.83. The molecule has 0 heterocycles. The molecule has 1 atom stereocenters. The minimum Gasteiger partial charge on any atom is -0.463 e. The molecule has 0 saturated heterocycles. The first kappa shape index (κ1) is 16.5. The van der Waals surface area contributed by atoms with Crippen LogP contribution in [-0.2, 0) is 14.3 Å². The van der Waals surface area contributed by atoms with Crippen molar-refractivity contribution in [3.63, 3.8) is 0 Å². The van der Waals surface area contributed by atoms with Crippen molar-refractivity contribution < 1.29 is 19.1 Å². The summed E-state index contributed by atoms with van der Waals surface area (Å²) >= 11 is 5.87. The maximum Gasteiger partial charge on any atom is 0.311 e. The SMILES string of the molecule is CCCC(C)OC(=O)CCC(=O)Oc1ccccc1Cl. The number of esters is 2. The van der Waals surface area contributed by atoms with Crippen LogP contribution in [0.15, 0.2) is 24.3 Å². The maximum absolute atomic E-state index is 11.6. The van der Waals surface area contributed by atoms with Gasteiger partial charge in [-0.3, -0.25) is 9.59 Å². The van der Waals surface area contributed by atoms with Crippen molar-refractivity contribution in [3.05, 3.63) is 29.3 Å². The minimum atomic E-state index is -0.502. The van der Waals surface area contributed by atoms with Gasteiger partial charge in [-0.1, -0.05) is 37.1 Å². The predicted octanol–water partition coefficient (Wildman–Crippen LogP) is 3.76. The van der Waals surface area contributed by atoms with Gasteiger partial charge in [0.1, 0.15) is 5.75 Å². The third-order valence-electron chi connectivity index (χ3n) is 2.62. The van der Waals surface area contributed by atoms with E-state index in [0.717, 1.165) is 12.8 Å². The van der Waals surface area contributed by atoms with Gasteiger partial charge in [0.05, 0.1) is 24.0 Å². The van der Waals surface area contributed by atoms with Gasteiger partial charge < -0.3 is 9.47 Å². The zero-order valence-corrected chi connectivity index (χ0v) is 12.5. The number of halogens is 1. The number of ether oxygens (including phenoxy) is 2. The molecule has 0 fully saturated rings. The number of para-hydroxylation sites is 1. The van der Waals surface area contributed by atoms with Crippen molar-refractivity contribution in [1.29, 1.82) is 0 Å². The fourth-order valence-electron chi connectivity index (χ4n) is 1.65. The van der Waals surface area contributed by atoms with E-state index >= 15 is 0 Å². The molecule has 110 valence electrons. The molecule has 0 amide bonds. The topological polar surface area (TPSA) is 52.6 Å². The van der Waals surface area contributed by atoms with Gasteiger partial charge in [-0.05, 0) is 25.5 Å².